The summed E-state index contributed by atoms with van der Waals surface area (Å²) in [5.41, 5.74) is 2.66. The van der Waals surface area contributed by atoms with Crippen LogP contribution in [0.2, 0.25) is 0 Å². The molecule has 222 valence electrons. The standard InChI is InChI=1S/C35H31F2N5O2/c1-24(25-14-6-2-7-15-25)40-34(43)41-31-22-30(29(23-39-31)32(38)44-33(36)37)42-35(26-16-8-3-9-17-26,27-18-10-4-11-19-27)28-20-12-5-13-21-28/h2-24,33,38H,1H3,(H3,39,40,41,42,43). The molecular formula is C35H31F2N5O2. The van der Waals surface area contributed by atoms with Gasteiger partial charge in [0.05, 0.1) is 17.3 Å². The van der Waals surface area contributed by atoms with Gasteiger partial charge in [-0.05, 0) is 29.2 Å². The molecule has 9 heteroatoms. The van der Waals surface area contributed by atoms with Crippen LogP contribution in [0.5, 0.6) is 0 Å². The van der Waals surface area contributed by atoms with Crippen molar-refractivity contribution >= 4 is 23.4 Å². The molecule has 0 aliphatic rings. The number of halogens is 2. The number of ether oxygens (including phenoxy) is 1. The Balaban J connectivity index is 1.60. The number of carbonyl (C=O) groups excluding carboxylic acids is 1. The Morgan fingerprint density at radius 2 is 1.27 bits per heavy atom. The van der Waals surface area contributed by atoms with Crippen LogP contribution in [-0.2, 0) is 10.3 Å². The summed E-state index contributed by atoms with van der Waals surface area (Å²) in [6.45, 7) is -1.35. The monoisotopic (exact) mass is 591 g/mol. The van der Waals surface area contributed by atoms with Crippen molar-refractivity contribution in [3.8, 4) is 0 Å². The number of nitrogens with one attached hydrogen (secondary N) is 4. The molecule has 0 aliphatic heterocycles. The van der Waals surface area contributed by atoms with Crippen molar-refractivity contribution in [3.05, 3.63) is 161 Å². The molecule has 0 spiro atoms. The summed E-state index contributed by atoms with van der Waals surface area (Å²) in [5, 5.41) is 17.5. The molecule has 1 atom stereocenters. The highest BCUT2D eigenvalue weighted by Gasteiger charge is 2.37. The van der Waals surface area contributed by atoms with Crippen LogP contribution in [0, 0.1) is 5.41 Å². The fourth-order valence-corrected chi connectivity index (χ4v) is 5.12. The topological polar surface area (TPSA) is 99.1 Å². The van der Waals surface area contributed by atoms with Gasteiger partial charge in [0, 0.05) is 12.3 Å². The summed E-state index contributed by atoms with van der Waals surface area (Å²) in [4.78, 5) is 17.2. The fraction of sp³-hybridized carbons (Fsp3) is 0.114. The third-order valence-electron chi connectivity index (χ3n) is 7.19. The summed E-state index contributed by atoms with van der Waals surface area (Å²) in [6, 6.07) is 39.2. The lowest BCUT2D eigenvalue weighted by Crippen LogP contribution is -2.39. The summed E-state index contributed by atoms with van der Waals surface area (Å²) >= 11 is 0. The largest absolute Gasteiger partial charge is 0.417 e. The van der Waals surface area contributed by atoms with Gasteiger partial charge in [-0.3, -0.25) is 10.7 Å². The third kappa shape index (κ3) is 6.73. The maximum Gasteiger partial charge on any atom is 0.388 e. The van der Waals surface area contributed by atoms with E-state index in [1.54, 1.807) is 0 Å². The summed E-state index contributed by atoms with van der Waals surface area (Å²) in [5.74, 6) is -0.631. The second-order valence-electron chi connectivity index (χ2n) is 10.0. The van der Waals surface area contributed by atoms with Crippen LogP contribution < -0.4 is 16.0 Å². The van der Waals surface area contributed by atoms with Gasteiger partial charge in [-0.2, -0.15) is 8.78 Å². The van der Waals surface area contributed by atoms with Gasteiger partial charge in [-0.1, -0.05) is 121 Å². The minimum Gasteiger partial charge on any atom is -0.417 e. The van der Waals surface area contributed by atoms with Gasteiger partial charge in [-0.15, -0.1) is 0 Å². The number of anilines is 2. The predicted molar refractivity (Wildman–Crippen MR) is 168 cm³/mol. The molecule has 44 heavy (non-hydrogen) atoms. The number of nitrogens with zero attached hydrogens (tertiary/aromatic N) is 1. The van der Waals surface area contributed by atoms with Crippen molar-refractivity contribution in [2.75, 3.05) is 10.6 Å². The van der Waals surface area contributed by atoms with Crippen molar-refractivity contribution < 1.29 is 18.3 Å². The van der Waals surface area contributed by atoms with Crippen LogP contribution >= 0.6 is 0 Å². The maximum absolute atomic E-state index is 13.3. The number of amides is 2. The number of carbonyl (C=O) groups is 1. The number of rotatable bonds is 10. The predicted octanol–water partition coefficient (Wildman–Crippen LogP) is 7.93. The quantitative estimate of drug-likeness (QED) is 0.0753. The molecule has 4 N–H and O–H groups in total. The Labute approximate surface area is 254 Å². The third-order valence-corrected chi connectivity index (χ3v) is 7.19. The number of hydrogen-bond donors (Lipinski definition) is 4. The van der Waals surface area contributed by atoms with E-state index in [9.17, 15) is 13.6 Å². The number of benzene rings is 4. The van der Waals surface area contributed by atoms with Crippen molar-refractivity contribution in [1.29, 1.82) is 5.41 Å². The van der Waals surface area contributed by atoms with E-state index in [0.29, 0.717) is 0 Å². The van der Waals surface area contributed by atoms with E-state index in [4.69, 9.17) is 5.41 Å². The van der Waals surface area contributed by atoms with E-state index in [1.165, 1.54) is 12.3 Å². The molecule has 1 heterocycles. The summed E-state index contributed by atoms with van der Waals surface area (Å²) in [6.07, 6.45) is 1.23. The Bertz CT molecular complexity index is 1590. The van der Waals surface area contributed by atoms with Crippen molar-refractivity contribution in [3.63, 3.8) is 0 Å². The van der Waals surface area contributed by atoms with Crippen LogP contribution in [0.25, 0.3) is 0 Å². The number of hydrogen-bond acceptors (Lipinski definition) is 5. The molecule has 0 saturated heterocycles. The highest BCUT2D eigenvalue weighted by atomic mass is 19.3. The molecule has 0 radical (unpaired) electrons. The summed E-state index contributed by atoms with van der Waals surface area (Å²) < 4.78 is 31.1. The average Bonchev–Trinajstić information content (AvgIpc) is 3.05. The number of pyridine rings is 1. The average molecular weight is 592 g/mol. The molecule has 7 nitrogen and oxygen atoms in total. The van der Waals surface area contributed by atoms with E-state index in [0.717, 1.165) is 22.3 Å². The Kier molecular flexibility index (Phi) is 9.25. The highest BCUT2D eigenvalue weighted by Crippen LogP contribution is 2.41. The van der Waals surface area contributed by atoms with E-state index < -0.39 is 24.1 Å². The second kappa shape index (κ2) is 13.6. The fourth-order valence-electron chi connectivity index (χ4n) is 5.12. The van der Waals surface area contributed by atoms with E-state index >= 15 is 0 Å². The minimum atomic E-state index is -3.21. The lowest BCUT2D eigenvalue weighted by Gasteiger charge is -2.38. The summed E-state index contributed by atoms with van der Waals surface area (Å²) in [7, 11) is 0. The van der Waals surface area contributed by atoms with Crippen LogP contribution in [-0.4, -0.2) is 23.5 Å². The number of aromatic nitrogens is 1. The Hall–Kier alpha value is -5.57. The molecule has 2 amide bonds. The maximum atomic E-state index is 13.3. The van der Waals surface area contributed by atoms with E-state index in [2.05, 4.69) is 25.7 Å². The second-order valence-corrected chi connectivity index (χ2v) is 10.0. The van der Waals surface area contributed by atoms with Crippen LogP contribution in [0.4, 0.5) is 25.1 Å². The van der Waals surface area contributed by atoms with Gasteiger partial charge >= 0.3 is 12.6 Å². The first-order valence-electron chi connectivity index (χ1n) is 14.0. The first-order chi connectivity index (χ1) is 21.4. The first kappa shape index (κ1) is 29.9. The molecule has 4 aromatic carbocycles. The SMILES string of the molecule is CC(NC(=O)Nc1cc(NC(c2ccccc2)(c2ccccc2)c2ccccc2)c(C(=N)OC(F)F)cn1)c1ccccc1. The van der Waals surface area contributed by atoms with Gasteiger partial charge in [0.25, 0.3) is 0 Å². The molecule has 1 aromatic heterocycles. The Morgan fingerprint density at radius 1 is 0.795 bits per heavy atom. The minimum absolute atomic E-state index is 0.0129. The first-order valence-corrected chi connectivity index (χ1v) is 14.0. The van der Waals surface area contributed by atoms with Gasteiger partial charge in [0.2, 0.25) is 5.90 Å². The zero-order valence-electron chi connectivity index (χ0n) is 23.9. The normalized spacial score (nSPS) is 11.8. The molecule has 0 fully saturated rings. The van der Waals surface area contributed by atoms with Gasteiger partial charge in [-0.25, -0.2) is 9.78 Å². The van der Waals surface area contributed by atoms with Gasteiger partial charge < -0.3 is 15.4 Å². The van der Waals surface area contributed by atoms with Crippen LogP contribution in [0.1, 0.15) is 40.8 Å². The Morgan fingerprint density at radius 3 is 1.75 bits per heavy atom. The smallest absolute Gasteiger partial charge is 0.388 e. The molecule has 0 saturated carbocycles. The van der Waals surface area contributed by atoms with Crippen LogP contribution in [0.15, 0.2) is 134 Å². The lowest BCUT2D eigenvalue weighted by molar-refractivity contribution is -0.0603. The molecular weight excluding hydrogens is 560 g/mol. The van der Waals surface area contributed by atoms with E-state index in [-0.39, 0.29) is 23.1 Å². The highest BCUT2D eigenvalue weighted by molar-refractivity contribution is 5.99. The van der Waals surface area contributed by atoms with Crippen molar-refractivity contribution in [2.45, 2.75) is 25.1 Å². The zero-order valence-corrected chi connectivity index (χ0v) is 23.9. The van der Waals surface area contributed by atoms with Gasteiger partial charge in [0.1, 0.15) is 11.4 Å². The molecule has 5 rings (SSSR count). The van der Waals surface area contributed by atoms with Crippen LogP contribution in [0.3, 0.4) is 0 Å². The molecule has 0 bridgehead atoms. The zero-order chi connectivity index (χ0) is 30.9. The molecule has 1 unspecified atom stereocenters. The molecule has 0 aliphatic carbocycles. The number of urea groups is 1. The van der Waals surface area contributed by atoms with Gasteiger partial charge in [0.15, 0.2) is 0 Å². The van der Waals surface area contributed by atoms with Crippen molar-refractivity contribution in [1.82, 2.24) is 10.3 Å². The lowest BCUT2D eigenvalue weighted by atomic mass is 9.76. The number of alkyl halides is 2. The van der Waals surface area contributed by atoms with E-state index in [1.807, 2.05) is 128 Å². The molecule has 5 aromatic rings. The van der Waals surface area contributed by atoms with Crippen molar-refractivity contribution in [2.24, 2.45) is 0 Å².